The van der Waals surface area contributed by atoms with Crippen molar-refractivity contribution in [1.82, 2.24) is 0 Å². The molecule has 2 aromatic carbocycles. The van der Waals surface area contributed by atoms with Crippen LogP contribution in [-0.2, 0) is 6.54 Å². The maximum absolute atomic E-state index is 6.27. The molecule has 2 heterocycles. The topological polar surface area (TPSA) is 35.2 Å². The Labute approximate surface area is 140 Å². The first-order valence-electron chi connectivity index (χ1n) is 7.00. The zero-order valence-corrected chi connectivity index (χ0v) is 13.5. The van der Waals surface area contributed by atoms with Crippen LogP contribution in [0.15, 0.2) is 60.7 Å². The van der Waals surface area contributed by atoms with Crippen molar-refractivity contribution in [2.45, 2.75) is 12.6 Å². The van der Waals surface area contributed by atoms with E-state index in [2.05, 4.69) is 42.5 Å². The first-order chi connectivity index (χ1) is 10.4. The van der Waals surface area contributed by atoms with Gasteiger partial charge in [0.05, 0.1) is 0 Å². The second-order valence-electron chi connectivity index (χ2n) is 5.11. The minimum Gasteiger partial charge on any atom is -0.480 e. The molecule has 2 N–H and O–H groups in total. The summed E-state index contributed by atoms with van der Waals surface area (Å²) < 4.78 is 6.27. The highest BCUT2D eigenvalue weighted by atomic mass is 35.5. The van der Waals surface area contributed by atoms with Gasteiger partial charge >= 0.3 is 0 Å². The normalized spacial score (nSPS) is 15.2. The van der Waals surface area contributed by atoms with E-state index >= 15 is 0 Å². The first kappa shape index (κ1) is 15.1. The Morgan fingerprint density at radius 2 is 1.73 bits per heavy atom. The van der Waals surface area contributed by atoms with Crippen LogP contribution in [0.25, 0.3) is 10.4 Å². The summed E-state index contributed by atoms with van der Waals surface area (Å²) in [5, 5.41) is 0. The molecule has 1 aliphatic rings. The number of para-hydroxylation sites is 1. The molecule has 1 atom stereocenters. The molecule has 4 heteroatoms. The van der Waals surface area contributed by atoms with Gasteiger partial charge in [0.1, 0.15) is 5.75 Å². The number of hydrogen-bond donors (Lipinski definition) is 1. The predicted molar refractivity (Wildman–Crippen MR) is 93.8 cm³/mol. The van der Waals surface area contributed by atoms with E-state index in [0.717, 1.165) is 5.75 Å². The summed E-state index contributed by atoms with van der Waals surface area (Å²) in [6.07, 6.45) is -0.0485. The summed E-state index contributed by atoms with van der Waals surface area (Å²) in [6, 6.07) is 20.8. The zero-order chi connectivity index (χ0) is 14.2. The molecule has 0 amide bonds. The monoisotopic (exact) mass is 329 g/mol. The van der Waals surface area contributed by atoms with Crippen LogP contribution in [0.1, 0.15) is 22.1 Å². The van der Waals surface area contributed by atoms with E-state index in [-0.39, 0.29) is 18.5 Å². The highest BCUT2D eigenvalue weighted by Gasteiger charge is 2.29. The molecule has 1 unspecified atom stereocenters. The largest absolute Gasteiger partial charge is 0.480 e. The van der Waals surface area contributed by atoms with Gasteiger partial charge in [-0.1, -0.05) is 42.5 Å². The number of fused-ring (bicyclic) bond motifs is 3. The van der Waals surface area contributed by atoms with Crippen LogP contribution in [0.2, 0.25) is 0 Å². The van der Waals surface area contributed by atoms with Crippen molar-refractivity contribution in [1.29, 1.82) is 0 Å². The van der Waals surface area contributed by atoms with Crippen LogP contribution < -0.4 is 10.5 Å². The summed E-state index contributed by atoms with van der Waals surface area (Å²) in [5.41, 5.74) is 9.41. The minimum absolute atomic E-state index is 0. The van der Waals surface area contributed by atoms with Gasteiger partial charge in [0.15, 0.2) is 6.10 Å². The van der Waals surface area contributed by atoms with Crippen LogP contribution in [0.4, 0.5) is 0 Å². The third-order valence-corrected chi connectivity index (χ3v) is 4.98. The fourth-order valence-corrected chi connectivity index (χ4v) is 3.88. The molecule has 0 aliphatic carbocycles. The van der Waals surface area contributed by atoms with Crippen LogP contribution in [0, 0.1) is 0 Å². The van der Waals surface area contributed by atoms with Crippen LogP contribution in [-0.4, -0.2) is 0 Å². The van der Waals surface area contributed by atoms with E-state index in [9.17, 15) is 0 Å². The molecule has 22 heavy (non-hydrogen) atoms. The van der Waals surface area contributed by atoms with Crippen molar-refractivity contribution in [3.63, 3.8) is 0 Å². The zero-order valence-electron chi connectivity index (χ0n) is 11.9. The minimum atomic E-state index is -0.0485. The van der Waals surface area contributed by atoms with Gasteiger partial charge in [-0.3, -0.25) is 0 Å². The van der Waals surface area contributed by atoms with Crippen LogP contribution >= 0.6 is 23.7 Å². The maximum atomic E-state index is 6.27. The highest BCUT2D eigenvalue weighted by Crippen LogP contribution is 2.48. The number of halogens is 1. The van der Waals surface area contributed by atoms with E-state index in [1.54, 1.807) is 11.3 Å². The predicted octanol–water partition coefficient (Wildman–Crippen LogP) is 4.78. The van der Waals surface area contributed by atoms with Crippen LogP contribution in [0.5, 0.6) is 5.75 Å². The second kappa shape index (κ2) is 6.13. The van der Waals surface area contributed by atoms with Gasteiger partial charge in [-0.25, -0.2) is 0 Å². The molecule has 112 valence electrons. The Kier molecular flexibility index (Phi) is 4.21. The quantitative estimate of drug-likeness (QED) is 0.734. The van der Waals surface area contributed by atoms with E-state index in [1.807, 2.05) is 18.2 Å². The van der Waals surface area contributed by atoms with Gasteiger partial charge in [0, 0.05) is 27.4 Å². The smallest absolute Gasteiger partial charge is 0.150 e. The number of thiophene rings is 1. The van der Waals surface area contributed by atoms with E-state index in [0.29, 0.717) is 6.54 Å². The molecular weight excluding hydrogens is 314 g/mol. The second-order valence-corrected chi connectivity index (χ2v) is 6.24. The third-order valence-electron chi connectivity index (χ3n) is 3.77. The van der Waals surface area contributed by atoms with Crippen molar-refractivity contribution in [3.8, 4) is 16.2 Å². The summed E-state index contributed by atoms with van der Waals surface area (Å²) in [7, 11) is 0. The lowest BCUT2D eigenvalue weighted by Gasteiger charge is -2.26. The Hall–Kier alpha value is -1.81. The van der Waals surface area contributed by atoms with Crippen LogP contribution in [0.3, 0.4) is 0 Å². The molecular formula is C18H16ClNOS. The SMILES string of the molecule is Cl.NCc1cc2c(s1)-c1ccccc1OC2c1ccccc1. The highest BCUT2D eigenvalue weighted by molar-refractivity contribution is 7.15. The molecule has 1 aromatic heterocycles. The summed E-state index contributed by atoms with van der Waals surface area (Å²) >= 11 is 1.77. The molecule has 0 bridgehead atoms. The van der Waals surface area contributed by atoms with E-state index in [1.165, 1.54) is 26.4 Å². The number of rotatable bonds is 2. The standard InChI is InChI=1S/C18H15NOS.ClH/c19-11-13-10-15-17(12-6-2-1-3-7-12)20-16-9-5-4-8-14(16)18(15)21-13;/h1-10,17H,11,19H2;1H. The maximum Gasteiger partial charge on any atom is 0.150 e. The third kappa shape index (κ3) is 2.41. The Balaban J connectivity index is 0.00000144. The summed E-state index contributed by atoms with van der Waals surface area (Å²) in [5.74, 6) is 0.948. The number of hydrogen-bond acceptors (Lipinski definition) is 3. The molecule has 0 saturated heterocycles. The molecule has 3 aromatic rings. The Morgan fingerprint density at radius 3 is 2.50 bits per heavy atom. The first-order valence-corrected chi connectivity index (χ1v) is 7.82. The van der Waals surface area contributed by atoms with Crippen molar-refractivity contribution in [3.05, 3.63) is 76.7 Å². The average molecular weight is 330 g/mol. The van der Waals surface area contributed by atoms with Crippen molar-refractivity contribution >= 4 is 23.7 Å². The van der Waals surface area contributed by atoms with Gasteiger partial charge < -0.3 is 10.5 Å². The number of ether oxygens (including phenoxy) is 1. The lowest BCUT2D eigenvalue weighted by atomic mass is 9.96. The molecule has 1 aliphatic heterocycles. The van der Waals surface area contributed by atoms with Gasteiger partial charge in [-0.2, -0.15) is 0 Å². The molecule has 4 rings (SSSR count). The number of nitrogens with two attached hydrogens (primary N) is 1. The summed E-state index contributed by atoms with van der Waals surface area (Å²) in [4.78, 5) is 2.48. The molecule has 0 spiro atoms. The molecule has 0 saturated carbocycles. The molecule has 0 radical (unpaired) electrons. The molecule has 2 nitrogen and oxygen atoms in total. The fraction of sp³-hybridized carbons (Fsp3) is 0.111. The number of benzene rings is 2. The van der Waals surface area contributed by atoms with E-state index in [4.69, 9.17) is 10.5 Å². The van der Waals surface area contributed by atoms with Crippen molar-refractivity contribution in [2.75, 3.05) is 0 Å². The summed E-state index contributed by atoms with van der Waals surface area (Å²) in [6.45, 7) is 0.571. The van der Waals surface area contributed by atoms with Crippen molar-refractivity contribution < 1.29 is 4.74 Å². The van der Waals surface area contributed by atoms with Gasteiger partial charge in [0.25, 0.3) is 0 Å². The van der Waals surface area contributed by atoms with E-state index < -0.39 is 0 Å². The Bertz CT molecular complexity index is 785. The lowest BCUT2D eigenvalue weighted by Crippen LogP contribution is -2.13. The van der Waals surface area contributed by atoms with Gasteiger partial charge in [-0.15, -0.1) is 23.7 Å². The van der Waals surface area contributed by atoms with Crippen molar-refractivity contribution in [2.24, 2.45) is 5.73 Å². The van der Waals surface area contributed by atoms with Gasteiger partial charge in [0.2, 0.25) is 0 Å². The Morgan fingerprint density at radius 1 is 1.00 bits per heavy atom. The molecule has 0 fully saturated rings. The lowest BCUT2D eigenvalue weighted by molar-refractivity contribution is 0.244. The average Bonchev–Trinajstić information content (AvgIpc) is 2.99. The fourth-order valence-electron chi connectivity index (χ4n) is 2.79. The van der Waals surface area contributed by atoms with Gasteiger partial charge in [-0.05, 0) is 23.8 Å².